The molecular weight excluding hydrogens is 312 g/mol. The third-order valence-corrected chi connectivity index (χ3v) is 3.95. The van der Waals surface area contributed by atoms with Crippen LogP contribution in [0.3, 0.4) is 0 Å². The third kappa shape index (κ3) is 3.91. The van der Waals surface area contributed by atoms with Gasteiger partial charge in [0.05, 0.1) is 17.6 Å². The maximum atomic E-state index is 12.5. The van der Waals surface area contributed by atoms with Crippen LogP contribution in [0.4, 0.5) is 5.69 Å². The van der Waals surface area contributed by atoms with Crippen molar-refractivity contribution in [2.24, 2.45) is 5.92 Å². The van der Waals surface area contributed by atoms with Crippen molar-refractivity contribution in [1.82, 2.24) is 5.32 Å². The van der Waals surface area contributed by atoms with Gasteiger partial charge in [0.25, 0.3) is 11.6 Å². The third-order valence-electron chi connectivity index (χ3n) is 3.95. The molecular formula is C17H22N2O5. The topological polar surface area (TPSA) is 90.7 Å². The number of amides is 1. The van der Waals surface area contributed by atoms with Gasteiger partial charge in [0.1, 0.15) is 5.75 Å². The Kier molecular flexibility index (Phi) is 5.92. The van der Waals surface area contributed by atoms with E-state index in [9.17, 15) is 14.9 Å². The molecule has 1 aromatic rings. The average Bonchev–Trinajstić information content (AvgIpc) is 3.01. The van der Waals surface area contributed by atoms with Gasteiger partial charge in [-0.15, -0.1) is 0 Å². The molecule has 0 saturated carbocycles. The molecule has 0 spiro atoms. The lowest BCUT2D eigenvalue weighted by atomic mass is 9.97. The molecule has 7 heteroatoms. The Balaban J connectivity index is 2.17. The number of benzene rings is 1. The van der Waals surface area contributed by atoms with Crippen LogP contribution in [-0.2, 0) is 4.74 Å². The van der Waals surface area contributed by atoms with Crippen LogP contribution >= 0.6 is 0 Å². The highest BCUT2D eigenvalue weighted by Gasteiger charge is 2.31. The number of carbonyl (C=O) groups is 1. The van der Waals surface area contributed by atoms with Crippen molar-refractivity contribution in [2.75, 3.05) is 19.8 Å². The summed E-state index contributed by atoms with van der Waals surface area (Å²) in [5.74, 6) is -0.189. The summed E-state index contributed by atoms with van der Waals surface area (Å²) in [4.78, 5) is 23.2. The predicted octanol–water partition coefficient (Wildman–Crippen LogP) is 2.70. The molecule has 0 aromatic heterocycles. The van der Waals surface area contributed by atoms with Crippen molar-refractivity contribution < 1.29 is 19.2 Å². The highest BCUT2D eigenvalue weighted by molar-refractivity contribution is 6.00. The van der Waals surface area contributed by atoms with E-state index in [1.165, 1.54) is 12.1 Å². The van der Waals surface area contributed by atoms with Crippen LogP contribution < -0.4 is 10.1 Å². The predicted molar refractivity (Wildman–Crippen MR) is 89.3 cm³/mol. The summed E-state index contributed by atoms with van der Waals surface area (Å²) in [7, 11) is 0. The average molecular weight is 334 g/mol. The van der Waals surface area contributed by atoms with Gasteiger partial charge in [-0.2, -0.15) is 0 Å². The molecule has 1 aliphatic heterocycles. The molecule has 1 N–H and O–H groups in total. The number of carbonyl (C=O) groups excluding carboxylic acids is 1. The van der Waals surface area contributed by atoms with Crippen LogP contribution in [0.5, 0.6) is 5.75 Å². The normalized spacial score (nSPS) is 19.8. The fourth-order valence-electron chi connectivity index (χ4n) is 2.88. The second-order valence-corrected chi connectivity index (χ2v) is 5.74. The Morgan fingerprint density at radius 1 is 1.54 bits per heavy atom. The molecule has 1 amide bonds. The Morgan fingerprint density at radius 2 is 2.29 bits per heavy atom. The van der Waals surface area contributed by atoms with E-state index < -0.39 is 10.8 Å². The fraction of sp³-hybridized carbons (Fsp3) is 0.471. The summed E-state index contributed by atoms with van der Waals surface area (Å²) in [6.45, 7) is 8.85. The second-order valence-electron chi connectivity index (χ2n) is 5.74. The van der Waals surface area contributed by atoms with Crippen molar-refractivity contribution in [2.45, 2.75) is 26.4 Å². The summed E-state index contributed by atoms with van der Waals surface area (Å²) >= 11 is 0. The summed E-state index contributed by atoms with van der Waals surface area (Å²) < 4.78 is 11.0. The number of hydrogen-bond donors (Lipinski definition) is 1. The van der Waals surface area contributed by atoms with E-state index in [2.05, 4.69) is 11.9 Å². The molecule has 24 heavy (non-hydrogen) atoms. The zero-order chi connectivity index (χ0) is 17.7. The molecule has 130 valence electrons. The van der Waals surface area contributed by atoms with Crippen LogP contribution in [0.25, 0.3) is 0 Å². The number of hydrogen-bond acceptors (Lipinski definition) is 5. The first-order chi connectivity index (χ1) is 11.5. The number of nitro benzene ring substituents is 1. The van der Waals surface area contributed by atoms with Gasteiger partial charge >= 0.3 is 0 Å². The summed E-state index contributed by atoms with van der Waals surface area (Å²) in [6, 6.07) is 4.36. The van der Waals surface area contributed by atoms with E-state index in [0.717, 1.165) is 12.0 Å². The number of rotatable bonds is 7. The van der Waals surface area contributed by atoms with Crippen LogP contribution in [0.1, 0.15) is 30.6 Å². The molecule has 7 nitrogen and oxygen atoms in total. The van der Waals surface area contributed by atoms with E-state index in [4.69, 9.17) is 9.47 Å². The standard InChI is InChI=1S/C17H22N2O5/c1-4-23-14-7-5-6-13(19(21)22)15(14)17(20)18-10-12-8-9-24-16(12)11(2)3/h5-7,12,16H,2,4,8-10H2,1,3H3,(H,18,20)/t12-,16+/m0/s1. The van der Waals surface area contributed by atoms with Crippen LogP contribution in [0, 0.1) is 16.0 Å². The molecule has 0 bridgehead atoms. The van der Waals surface area contributed by atoms with E-state index in [-0.39, 0.29) is 29.0 Å². The minimum Gasteiger partial charge on any atom is -0.493 e. The van der Waals surface area contributed by atoms with Gasteiger partial charge in [-0.25, -0.2) is 0 Å². The molecule has 1 aliphatic rings. The summed E-state index contributed by atoms with van der Waals surface area (Å²) in [5, 5.41) is 14.0. The van der Waals surface area contributed by atoms with Gasteiger partial charge < -0.3 is 14.8 Å². The lowest BCUT2D eigenvalue weighted by Crippen LogP contribution is -2.33. The molecule has 1 fully saturated rings. The largest absolute Gasteiger partial charge is 0.493 e. The summed E-state index contributed by atoms with van der Waals surface area (Å²) in [5.41, 5.74) is 0.597. The quantitative estimate of drug-likeness (QED) is 0.470. The smallest absolute Gasteiger partial charge is 0.285 e. The van der Waals surface area contributed by atoms with Gasteiger partial charge in [-0.3, -0.25) is 14.9 Å². The molecule has 1 aromatic carbocycles. The van der Waals surface area contributed by atoms with Crippen LogP contribution in [0.15, 0.2) is 30.4 Å². The fourth-order valence-corrected chi connectivity index (χ4v) is 2.88. The van der Waals surface area contributed by atoms with Crippen molar-refractivity contribution in [1.29, 1.82) is 0 Å². The molecule has 0 unspecified atom stereocenters. The first-order valence-electron chi connectivity index (χ1n) is 7.91. The van der Waals surface area contributed by atoms with E-state index >= 15 is 0 Å². The number of ether oxygens (including phenoxy) is 2. The minimum atomic E-state index is -0.577. The molecule has 1 heterocycles. The Hall–Kier alpha value is -2.41. The number of nitrogens with one attached hydrogen (secondary N) is 1. The highest BCUT2D eigenvalue weighted by atomic mass is 16.6. The van der Waals surface area contributed by atoms with Crippen LogP contribution in [-0.4, -0.2) is 36.7 Å². The lowest BCUT2D eigenvalue weighted by molar-refractivity contribution is -0.385. The van der Waals surface area contributed by atoms with E-state index in [1.54, 1.807) is 13.0 Å². The Bertz CT molecular complexity index is 644. The molecule has 2 atom stereocenters. The Labute approximate surface area is 140 Å². The number of nitro groups is 1. The molecule has 0 aliphatic carbocycles. The van der Waals surface area contributed by atoms with Crippen molar-refractivity contribution >= 4 is 11.6 Å². The van der Waals surface area contributed by atoms with Gasteiger partial charge in [0.2, 0.25) is 0 Å². The monoisotopic (exact) mass is 334 g/mol. The molecule has 0 radical (unpaired) electrons. The first-order valence-corrected chi connectivity index (χ1v) is 7.91. The highest BCUT2D eigenvalue weighted by Crippen LogP contribution is 2.29. The zero-order valence-electron chi connectivity index (χ0n) is 13.9. The zero-order valence-corrected chi connectivity index (χ0v) is 13.9. The molecule has 2 rings (SSSR count). The van der Waals surface area contributed by atoms with Gasteiger partial charge in [0, 0.05) is 25.1 Å². The van der Waals surface area contributed by atoms with Crippen molar-refractivity contribution in [3.05, 3.63) is 46.0 Å². The minimum absolute atomic E-state index is 0.0462. The maximum Gasteiger partial charge on any atom is 0.285 e. The Morgan fingerprint density at radius 3 is 2.92 bits per heavy atom. The SMILES string of the molecule is C=C(C)[C@H]1OCC[C@H]1CNC(=O)c1c(OCC)cccc1[N+](=O)[O-]. The van der Waals surface area contributed by atoms with E-state index in [1.807, 2.05) is 6.92 Å². The van der Waals surface area contributed by atoms with Gasteiger partial charge in [0.15, 0.2) is 5.56 Å². The summed E-state index contributed by atoms with van der Waals surface area (Å²) in [6.07, 6.45) is 0.718. The number of nitrogens with zero attached hydrogens (tertiary/aromatic N) is 1. The lowest BCUT2D eigenvalue weighted by Gasteiger charge is -2.19. The maximum absolute atomic E-state index is 12.5. The van der Waals surface area contributed by atoms with E-state index in [0.29, 0.717) is 19.8 Å². The molecule has 1 saturated heterocycles. The second kappa shape index (κ2) is 7.92. The van der Waals surface area contributed by atoms with Crippen LogP contribution in [0.2, 0.25) is 0 Å². The van der Waals surface area contributed by atoms with Crippen molar-refractivity contribution in [3.63, 3.8) is 0 Å². The van der Waals surface area contributed by atoms with Crippen molar-refractivity contribution in [3.8, 4) is 5.75 Å². The first kappa shape index (κ1) is 17.9. The van der Waals surface area contributed by atoms with Gasteiger partial charge in [-0.1, -0.05) is 18.2 Å². The van der Waals surface area contributed by atoms with Gasteiger partial charge in [-0.05, 0) is 26.3 Å².